The first-order valence-electron chi connectivity index (χ1n) is 6.74. The minimum absolute atomic E-state index is 0.205. The van der Waals surface area contributed by atoms with Crippen molar-refractivity contribution in [1.82, 2.24) is 4.90 Å². The Morgan fingerprint density at radius 1 is 1.05 bits per heavy atom. The number of fused-ring (bicyclic) bond motifs is 1. The zero-order valence-corrected chi connectivity index (χ0v) is 12.3. The number of rotatable bonds is 3. The molecule has 116 valence electrons. The second-order valence-corrected chi connectivity index (χ2v) is 5.62. The average molecular weight is 328 g/mol. The fourth-order valence-corrected chi connectivity index (χ4v) is 2.87. The molecular formula is C16H13ClF3NO. The highest BCUT2D eigenvalue weighted by atomic mass is 35.5. The Balaban J connectivity index is 1.64. The van der Waals surface area contributed by atoms with Crippen molar-refractivity contribution in [3.8, 4) is 5.75 Å². The van der Waals surface area contributed by atoms with Crippen molar-refractivity contribution in [3.63, 3.8) is 0 Å². The topological polar surface area (TPSA) is 12.5 Å². The van der Waals surface area contributed by atoms with Crippen LogP contribution in [0.2, 0.25) is 5.02 Å². The molecule has 0 saturated heterocycles. The molecule has 0 unspecified atom stereocenters. The summed E-state index contributed by atoms with van der Waals surface area (Å²) in [5.74, 6) is -0.205. The summed E-state index contributed by atoms with van der Waals surface area (Å²) >= 11 is 6.17. The van der Waals surface area contributed by atoms with Crippen molar-refractivity contribution in [2.24, 2.45) is 0 Å². The van der Waals surface area contributed by atoms with Crippen LogP contribution in [0.25, 0.3) is 0 Å². The summed E-state index contributed by atoms with van der Waals surface area (Å²) in [6, 6.07) is 11.8. The molecule has 0 N–H and O–H groups in total. The summed E-state index contributed by atoms with van der Waals surface area (Å²) in [6.45, 7) is 2.18. The predicted molar refractivity (Wildman–Crippen MR) is 77.5 cm³/mol. The van der Waals surface area contributed by atoms with Crippen LogP contribution in [0.4, 0.5) is 13.2 Å². The van der Waals surface area contributed by atoms with Crippen LogP contribution in [0.15, 0.2) is 42.5 Å². The first-order valence-corrected chi connectivity index (χ1v) is 7.12. The Hall–Kier alpha value is -1.72. The van der Waals surface area contributed by atoms with E-state index in [9.17, 15) is 13.2 Å². The van der Waals surface area contributed by atoms with E-state index in [4.69, 9.17) is 11.6 Å². The van der Waals surface area contributed by atoms with Crippen LogP contribution in [0.3, 0.4) is 0 Å². The summed E-state index contributed by atoms with van der Waals surface area (Å²) in [5.41, 5.74) is 3.25. The number of hydrogen-bond acceptors (Lipinski definition) is 2. The van der Waals surface area contributed by atoms with Crippen LogP contribution in [-0.4, -0.2) is 11.3 Å². The van der Waals surface area contributed by atoms with Gasteiger partial charge in [-0.1, -0.05) is 35.9 Å². The Kier molecular flexibility index (Phi) is 4.02. The molecule has 2 aromatic carbocycles. The highest BCUT2D eigenvalue weighted by Gasteiger charge is 2.31. The molecule has 6 heteroatoms. The van der Waals surface area contributed by atoms with Crippen LogP contribution in [0, 0.1) is 0 Å². The van der Waals surface area contributed by atoms with Crippen molar-refractivity contribution < 1.29 is 17.9 Å². The molecule has 1 aliphatic rings. The van der Waals surface area contributed by atoms with E-state index < -0.39 is 6.36 Å². The monoisotopic (exact) mass is 327 g/mol. The summed E-state index contributed by atoms with van der Waals surface area (Å²) in [4.78, 5) is 2.19. The summed E-state index contributed by atoms with van der Waals surface area (Å²) in [5, 5.41) is 0.758. The molecule has 3 rings (SSSR count). The van der Waals surface area contributed by atoms with Gasteiger partial charge < -0.3 is 4.74 Å². The summed E-state index contributed by atoms with van der Waals surface area (Å²) in [7, 11) is 0. The van der Waals surface area contributed by atoms with Gasteiger partial charge in [-0.25, -0.2) is 0 Å². The van der Waals surface area contributed by atoms with Gasteiger partial charge in [0.1, 0.15) is 5.75 Å². The molecule has 22 heavy (non-hydrogen) atoms. The predicted octanol–water partition coefficient (Wildman–Crippen LogP) is 4.75. The molecule has 0 atom stereocenters. The molecule has 0 saturated carbocycles. The van der Waals surface area contributed by atoms with Gasteiger partial charge in [-0.2, -0.15) is 0 Å². The van der Waals surface area contributed by atoms with Gasteiger partial charge in [0.2, 0.25) is 0 Å². The minimum Gasteiger partial charge on any atom is -0.406 e. The smallest absolute Gasteiger partial charge is 0.406 e. The van der Waals surface area contributed by atoms with E-state index in [1.54, 1.807) is 12.1 Å². The zero-order chi connectivity index (χ0) is 15.7. The van der Waals surface area contributed by atoms with E-state index >= 15 is 0 Å². The molecule has 1 aliphatic heterocycles. The third-order valence-corrected chi connectivity index (χ3v) is 3.91. The highest BCUT2D eigenvalue weighted by Crippen LogP contribution is 2.30. The van der Waals surface area contributed by atoms with E-state index in [1.165, 1.54) is 17.7 Å². The largest absolute Gasteiger partial charge is 0.573 e. The molecule has 0 aliphatic carbocycles. The maximum atomic E-state index is 12.1. The number of halogens is 4. The third kappa shape index (κ3) is 3.54. The van der Waals surface area contributed by atoms with E-state index in [2.05, 4.69) is 9.64 Å². The van der Waals surface area contributed by atoms with Gasteiger partial charge in [0.25, 0.3) is 0 Å². The molecular weight excluding hydrogens is 315 g/mol. The maximum absolute atomic E-state index is 12.1. The number of benzene rings is 2. The lowest BCUT2D eigenvalue weighted by Crippen LogP contribution is -2.17. The molecule has 0 aromatic heterocycles. The first-order chi connectivity index (χ1) is 10.4. The lowest BCUT2D eigenvalue weighted by Gasteiger charge is -2.15. The second-order valence-electron chi connectivity index (χ2n) is 5.21. The van der Waals surface area contributed by atoms with Gasteiger partial charge in [-0.15, -0.1) is 13.2 Å². The number of alkyl halides is 3. The summed E-state index contributed by atoms with van der Waals surface area (Å²) in [6.07, 6.45) is -4.66. The van der Waals surface area contributed by atoms with Gasteiger partial charge >= 0.3 is 6.36 Å². The van der Waals surface area contributed by atoms with E-state index in [-0.39, 0.29) is 5.75 Å². The van der Waals surface area contributed by atoms with Crippen LogP contribution < -0.4 is 4.74 Å². The van der Waals surface area contributed by atoms with Gasteiger partial charge in [0, 0.05) is 24.7 Å². The summed E-state index contributed by atoms with van der Waals surface area (Å²) < 4.78 is 40.2. The fraction of sp³-hybridized carbons (Fsp3) is 0.250. The molecule has 0 amide bonds. The van der Waals surface area contributed by atoms with E-state index in [1.807, 2.05) is 18.2 Å². The quantitative estimate of drug-likeness (QED) is 0.806. The highest BCUT2D eigenvalue weighted by molar-refractivity contribution is 6.31. The normalized spacial score (nSPS) is 14.9. The van der Waals surface area contributed by atoms with Gasteiger partial charge in [-0.3, -0.25) is 4.90 Å². The van der Waals surface area contributed by atoms with Crippen LogP contribution in [0.1, 0.15) is 16.7 Å². The molecule has 0 radical (unpaired) electrons. The lowest BCUT2D eigenvalue weighted by atomic mass is 10.1. The van der Waals surface area contributed by atoms with Gasteiger partial charge in [-0.05, 0) is 34.9 Å². The Morgan fingerprint density at radius 3 is 2.41 bits per heavy atom. The zero-order valence-electron chi connectivity index (χ0n) is 11.5. The Bertz CT molecular complexity index is 670. The standard InChI is InChI=1S/C16H13ClF3NO/c17-15-3-1-2-12-9-21(10-14(12)15)8-11-4-6-13(7-5-11)22-16(18,19)20/h1-7H,8-10H2. The van der Waals surface area contributed by atoms with Gasteiger partial charge in [0.05, 0.1) is 0 Å². The average Bonchev–Trinajstić information content (AvgIpc) is 2.83. The van der Waals surface area contributed by atoms with Crippen LogP contribution in [0.5, 0.6) is 5.75 Å². The molecule has 2 aromatic rings. The second kappa shape index (κ2) is 5.82. The van der Waals surface area contributed by atoms with Crippen molar-refractivity contribution in [2.75, 3.05) is 0 Å². The van der Waals surface area contributed by atoms with E-state index in [0.29, 0.717) is 6.54 Å². The Labute approximate surface area is 131 Å². The molecule has 1 heterocycles. The van der Waals surface area contributed by atoms with Crippen LogP contribution >= 0.6 is 11.6 Å². The first kappa shape index (κ1) is 15.2. The maximum Gasteiger partial charge on any atom is 0.573 e. The van der Waals surface area contributed by atoms with Crippen molar-refractivity contribution in [2.45, 2.75) is 26.0 Å². The lowest BCUT2D eigenvalue weighted by molar-refractivity contribution is -0.274. The van der Waals surface area contributed by atoms with Crippen molar-refractivity contribution >= 4 is 11.6 Å². The minimum atomic E-state index is -4.66. The Morgan fingerprint density at radius 2 is 1.77 bits per heavy atom. The molecule has 0 spiro atoms. The third-order valence-electron chi connectivity index (χ3n) is 3.55. The van der Waals surface area contributed by atoms with Crippen molar-refractivity contribution in [3.05, 3.63) is 64.2 Å². The van der Waals surface area contributed by atoms with Gasteiger partial charge in [0.15, 0.2) is 0 Å². The van der Waals surface area contributed by atoms with Crippen LogP contribution in [-0.2, 0) is 19.6 Å². The number of nitrogens with zero attached hydrogens (tertiary/aromatic N) is 1. The number of hydrogen-bond donors (Lipinski definition) is 0. The fourth-order valence-electron chi connectivity index (χ4n) is 2.62. The molecule has 0 fully saturated rings. The van der Waals surface area contributed by atoms with E-state index in [0.717, 1.165) is 29.2 Å². The number of ether oxygens (including phenoxy) is 1. The van der Waals surface area contributed by atoms with Crippen molar-refractivity contribution in [1.29, 1.82) is 0 Å². The molecule has 0 bridgehead atoms. The molecule has 2 nitrogen and oxygen atoms in total. The SMILES string of the molecule is FC(F)(F)Oc1ccc(CN2Cc3cccc(Cl)c3C2)cc1.